The van der Waals surface area contributed by atoms with Gasteiger partial charge in [-0.2, -0.15) is 0 Å². The maximum absolute atomic E-state index is 11.7. The van der Waals surface area contributed by atoms with Crippen LogP contribution in [0.1, 0.15) is 19.8 Å². The SMILES string of the molecule is CC1CCCN1C(=O)Oc1ccccc1. The zero-order valence-corrected chi connectivity index (χ0v) is 8.85. The third-order valence-corrected chi connectivity index (χ3v) is 2.74. The lowest BCUT2D eigenvalue weighted by atomic mass is 10.2. The molecular weight excluding hydrogens is 190 g/mol. The third-order valence-electron chi connectivity index (χ3n) is 2.74. The topological polar surface area (TPSA) is 29.5 Å². The first-order valence-electron chi connectivity index (χ1n) is 5.31. The fraction of sp³-hybridized carbons (Fsp3) is 0.417. The van der Waals surface area contributed by atoms with Crippen molar-refractivity contribution >= 4 is 6.09 Å². The third kappa shape index (κ3) is 2.29. The van der Waals surface area contributed by atoms with Crippen LogP contribution in [-0.2, 0) is 0 Å². The predicted molar refractivity (Wildman–Crippen MR) is 57.9 cm³/mol. The Kier molecular flexibility index (Phi) is 2.90. The van der Waals surface area contributed by atoms with E-state index >= 15 is 0 Å². The van der Waals surface area contributed by atoms with E-state index in [4.69, 9.17) is 4.74 Å². The molecule has 1 aliphatic rings. The van der Waals surface area contributed by atoms with Gasteiger partial charge in [0, 0.05) is 12.6 Å². The van der Waals surface area contributed by atoms with Crippen LogP contribution in [0.2, 0.25) is 0 Å². The van der Waals surface area contributed by atoms with E-state index in [9.17, 15) is 4.79 Å². The van der Waals surface area contributed by atoms with Crippen LogP contribution in [-0.4, -0.2) is 23.6 Å². The minimum atomic E-state index is -0.230. The van der Waals surface area contributed by atoms with Gasteiger partial charge >= 0.3 is 6.09 Å². The van der Waals surface area contributed by atoms with Crippen molar-refractivity contribution in [3.63, 3.8) is 0 Å². The molecule has 2 rings (SSSR count). The lowest BCUT2D eigenvalue weighted by Gasteiger charge is -2.20. The Morgan fingerprint density at radius 3 is 2.73 bits per heavy atom. The van der Waals surface area contributed by atoms with E-state index in [1.165, 1.54) is 0 Å². The van der Waals surface area contributed by atoms with Crippen LogP contribution < -0.4 is 4.74 Å². The molecule has 15 heavy (non-hydrogen) atoms. The number of hydrogen-bond acceptors (Lipinski definition) is 2. The molecule has 1 amide bonds. The molecule has 0 aliphatic carbocycles. The molecule has 1 heterocycles. The average Bonchev–Trinajstić information content (AvgIpc) is 2.66. The highest BCUT2D eigenvalue weighted by atomic mass is 16.6. The van der Waals surface area contributed by atoms with Crippen molar-refractivity contribution in [3.8, 4) is 5.75 Å². The van der Waals surface area contributed by atoms with Gasteiger partial charge in [-0.3, -0.25) is 0 Å². The molecule has 1 aliphatic heterocycles. The molecule has 0 saturated carbocycles. The summed E-state index contributed by atoms with van der Waals surface area (Å²) in [5.41, 5.74) is 0. The van der Waals surface area contributed by atoms with Crippen LogP contribution >= 0.6 is 0 Å². The number of amides is 1. The van der Waals surface area contributed by atoms with E-state index in [1.54, 1.807) is 17.0 Å². The lowest BCUT2D eigenvalue weighted by Crippen LogP contribution is -2.35. The van der Waals surface area contributed by atoms with Gasteiger partial charge in [0.15, 0.2) is 0 Å². The summed E-state index contributed by atoms with van der Waals surface area (Å²) in [6.07, 6.45) is 1.92. The van der Waals surface area contributed by atoms with E-state index in [1.807, 2.05) is 18.2 Å². The minimum Gasteiger partial charge on any atom is -0.410 e. The Morgan fingerprint density at radius 1 is 1.40 bits per heavy atom. The molecule has 1 unspecified atom stereocenters. The number of carbonyl (C=O) groups is 1. The number of para-hydroxylation sites is 1. The van der Waals surface area contributed by atoms with Gasteiger partial charge in [-0.05, 0) is 31.9 Å². The molecule has 1 fully saturated rings. The number of nitrogens with zero attached hydrogens (tertiary/aromatic N) is 1. The van der Waals surface area contributed by atoms with E-state index in [0.717, 1.165) is 19.4 Å². The maximum Gasteiger partial charge on any atom is 0.415 e. The van der Waals surface area contributed by atoms with Gasteiger partial charge in [0.1, 0.15) is 5.75 Å². The summed E-state index contributed by atoms with van der Waals surface area (Å²) in [5, 5.41) is 0. The standard InChI is InChI=1S/C12H15NO2/c1-10-6-5-9-13(10)12(14)15-11-7-3-2-4-8-11/h2-4,7-8,10H,5-6,9H2,1H3. The number of benzene rings is 1. The second kappa shape index (κ2) is 4.34. The molecule has 0 aromatic heterocycles. The number of carbonyl (C=O) groups excluding carboxylic acids is 1. The zero-order valence-electron chi connectivity index (χ0n) is 8.85. The van der Waals surface area contributed by atoms with Crippen molar-refractivity contribution in [1.29, 1.82) is 0 Å². The smallest absolute Gasteiger partial charge is 0.410 e. The second-order valence-electron chi connectivity index (χ2n) is 3.87. The zero-order chi connectivity index (χ0) is 10.7. The molecule has 0 bridgehead atoms. The Morgan fingerprint density at radius 2 is 2.13 bits per heavy atom. The number of ether oxygens (including phenoxy) is 1. The molecule has 0 N–H and O–H groups in total. The van der Waals surface area contributed by atoms with E-state index in [0.29, 0.717) is 11.8 Å². The number of hydrogen-bond donors (Lipinski definition) is 0. The van der Waals surface area contributed by atoms with Crippen LogP contribution in [0.4, 0.5) is 4.79 Å². The van der Waals surface area contributed by atoms with Crippen LogP contribution in [0.15, 0.2) is 30.3 Å². The molecule has 80 valence electrons. The molecule has 1 saturated heterocycles. The minimum absolute atomic E-state index is 0.230. The van der Waals surface area contributed by atoms with E-state index in [2.05, 4.69) is 6.92 Å². The first-order valence-corrected chi connectivity index (χ1v) is 5.31. The molecule has 1 aromatic rings. The van der Waals surface area contributed by atoms with Crippen molar-refractivity contribution < 1.29 is 9.53 Å². The van der Waals surface area contributed by atoms with E-state index < -0.39 is 0 Å². The largest absolute Gasteiger partial charge is 0.415 e. The molecule has 0 radical (unpaired) electrons. The van der Waals surface area contributed by atoms with Gasteiger partial charge in [-0.15, -0.1) is 0 Å². The molecule has 3 heteroatoms. The Labute approximate surface area is 89.7 Å². The lowest BCUT2D eigenvalue weighted by molar-refractivity contribution is 0.150. The highest BCUT2D eigenvalue weighted by Gasteiger charge is 2.26. The Balaban J connectivity index is 1.98. The van der Waals surface area contributed by atoms with E-state index in [-0.39, 0.29) is 6.09 Å². The van der Waals surface area contributed by atoms with Crippen LogP contribution in [0.5, 0.6) is 5.75 Å². The van der Waals surface area contributed by atoms with Gasteiger partial charge in [-0.1, -0.05) is 18.2 Å². The first-order chi connectivity index (χ1) is 7.27. The molecule has 1 atom stereocenters. The molecule has 1 aromatic carbocycles. The van der Waals surface area contributed by atoms with Crippen molar-refractivity contribution in [3.05, 3.63) is 30.3 Å². The molecule has 0 spiro atoms. The summed E-state index contributed by atoms with van der Waals surface area (Å²) < 4.78 is 5.26. The van der Waals surface area contributed by atoms with Gasteiger partial charge in [0.05, 0.1) is 0 Å². The van der Waals surface area contributed by atoms with Gasteiger partial charge in [-0.25, -0.2) is 4.79 Å². The maximum atomic E-state index is 11.7. The van der Waals surface area contributed by atoms with Gasteiger partial charge in [0.2, 0.25) is 0 Å². The fourth-order valence-electron chi connectivity index (χ4n) is 1.85. The average molecular weight is 205 g/mol. The van der Waals surface area contributed by atoms with Gasteiger partial charge < -0.3 is 9.64 Å². The normalized spacial score (nSPS) is 20.3. The van der Waals surface area contributed by atoms with Crippen molar-refractivity contribution in [2.24, 2.45) is 0 Å². The van der Waals surface area contributed by atoms with Crippen LogP contribution in [0, 0.1) is 0 Å². The summed E-state index contributed by atoms with van der Waals surface area (Å²) in [5.74, 6) is 0.613. The summed E-state index contributed by atoms with van der Waals surface area (Å²) in [6, 6.07) is 9.50. The Hall–Kier alpha value is -1.51. The van der Waals surface area contributed by atoms with Crippen molar-refractivity contribution in [1.82, 2.24) is 4.90 Å². The van der Waals surface area contributed by atoms with Crippen LogP contribution in [0.3, 0.4) is 0 Å². The first kappa shape index (κ1) is 10.0. The van der Waals surface area contributed by atoms with Crippen molar-refractivity contribution in [2.75, 3.05) is 6.54 Å². The summed E-state index contributed by atoms with van der Waals surface area (Å²) >= 11 is 0. The molecule has 3 nitrogen and oxygen atoms in total. The summed E-state index contributed by atoms with van der Waals surface area (Å²) in [7, 11) is 0. The van der Waals surface area contributed by atoms with Gasteiger partial charge in [0.25, 0.3) is 0 Å². The fourth-order valence-corrected chi connectivity index (χ4v) is 1.85. The summed E-state index contributed by atoms with van der Waals surface area (Å²) in [4.78, 5) is 13.5. The Bertz CT molecular complexity index is 337. The highest BCUT2D eigenvalue weighted by Crippen LogP contribution is 2.18. The summed E-state index contributed by atoms with van der Waals surface area (Å²) in [6.45, 7) is 2.87. The number of rotatable bonds is 1. The predicted octanol–water partition coefficient (Wildman–Crippen LogP) is 2.67. The second-order valence-corrected chi connectivity index (χ2v) is 3.87. The molecular formula is C12H15NO2. The monoisotopic (exact) mass is 205 g/mol. The highest BCUT2D eigenvalue weighted by molar-refractivity contribution is 5.71. The quantitative estimate of drug-likeness (QED) is 0.705. The number of likely N-dealkylation sites (tertiary alicyclic amines) is 1. The van der Waals surface area contributed by atoms with Crippen molar-refractivity contribution in [2.45, 2.75) is 25.8 Å². The van der Waals surface area contributed by atoms with Crippen LogP contribution in [0.25, 0.3) is 0 Å².